The highest BCUT2D eigenvalue weighted by molar-refractivity contribution is 5.91. The van der Waals surface area contributed by atoms with E-state index in [-0.39, 0.29) is 12.6 Å². The van der Waals surface area contributed by atoms with Crippen molar-refractivity contribution in [1.82, 2.24) is 10.2 Å². The maximum atomic E-state index is 12.6. The lowest BCUT2D eigenvalue weighted by Gasteiger charge is -2.27. The molecule has 1 aliphatic rings. The van der Waals surface area contributed by atoms with Crippen LogP contribution in [-0.2, 0) is 20.7 Å². The molecule has 1 aromatic carbocycles. The molecule has 1 aliphatic heterocycles. The molecule has 1 saturated heterocycles. The molecule has 0 saturated carbocycles. The average molecular weight is 320 g/mol. The molecule has 1 heterocycles. The van der Waals surface area contributed by atoms with Gasteiger partial charge in [0.1, 0.15) is 12.1 Å². The lowest BCUT2D eigenvalue weighted by atomic mass is 10.0. The highest BCUT2D eigenvalue weighted by Crippen LogP contribution is 2.19. The van der Waals surface area contributed by atoms with Crippen LogP contribution < -0.4 is 5.32 Å². The molecule has 0 spiro atoms. The fourth-order valence-electron chi connectivity index (χ4n) is 2.52. The summed E-state index contributed by atoms with van der Waals surface area (Å²) in [6.07, 6.45) is -0.938. The van der Waals surface area contributed by atoms with Gasteiger partial charge in [-0.25, -0.2) is 9.59 Å². The van der Waals surface area contributed by atoms with E-state index in [1.54, 1.807) is 13.8 Å². The van der Waals surface area contributed by atoms with Gasteiger partial charge in [-0.15, -0.1) is 0 Å². The van der Waals surface area contributed by atoms with Gasteiger partial charge in [-0.3, -0.25) is 9.69 Å². The summed E-state index contributed by atoms with van der Waals surface area (Å²) in [5, 5.41) is 11.1. The minimum absolute atomic E-state index is 0.153. The van der Waals surface area contributed by atoms with E-state index in [1.165, 1.54) is 4.90 Å². The summed E-state index contributed by atoms with van der Waals surface area (Å²) in [5.74, 6) is -1.17. The van der Waals surface area contributed by atoms with Crippen molar-refractivity contribution in [3.8, 4) is 0 Å². The van der Waals surface area contributed by atoms with Gasteiger partial charge in [-0.2, -0.15) is 0 Å². The minimum atomic E-state index is -1.27. The molecular weight excluding hydrogens is 300 g/mol. The smallest absolute Gasteiger partial charge is 0.405 e. The number of esters is 1. The van der Waals surface area contributed by atoms with Crippen molar-refractivity contribution >= 4 is 18.0 Å². The Morgan fingerprint density at radius 2 is 2.00 bits per heavy atom. The molecule has 7 nitrogen and oxygen atoms in total. The Morgan fingerprint density at radius 1 is 1.35 bits per heavy atom. The second-order valence-corrected chi connectivity index (χ2v) is 5.78. The van der Waals surface area contributed by atoms with Crippen LogP contribution in [0.15, 0.2) is 30.3 Å². The fourth-order valence-corrected chi connectivity index (χ4v) is 2.52. The number of nitrogens with one attached hydrogen (secondary N) is 1. The monoisotopic (exact) mass is 320 g/mol. The Bertz CT molecular complexity index is 587. The van der Waals surface area contributed by atoms with Gasteiger partial charge in [0.05, 0.1) is 0 Å². The van der Waals surface area contributed by atoms with E-state index in [1.807, 2.05) is 30.3 Å². The maximum absolute atomic E-state index is 12.6. The van der Waals surface area contributed by atoms with E-state index in [9.17, 15) is 14.4 Å². The van der Waals surface area contributed by atoms with Gasteiger partial charge in [0.2, 0.25) is 5.91 Å². The zero-order chi connectivity index (χ0) is 17.0. The average Bonchev–Trinajstić information content (AvgIpc) is 2.86. The van der Waals surface area contributed by atoms with Gasteiger partial charge in [0, 0.05) is 6.42 Å². The van der Waals surface area contributed by atoms with Crippen molar-refractivity contribution in [2.24, 2.45) is 5.92 Å². The van der Waals surface area contributed by atoms with Crippen molar-refractivity contribution in [3.63, 3.8) is 0 Å². The van der Waals surface area contributed by atoms with E-state index in [0.29, 0.717) is 6.42 Å². The van der Waals surface area contributed by atoms with Crippen LogP contribution in [0.4, 0.5) is 4.79 Å². The normalized spacial score (nSPS) is 18.7. The Hall–Kier alpha value is -2.57. The summed E-state index contributed by atoms with van der Waals surface area (Å²) >= 11 is 0. The molecule has 2 atom stereocenters. The second kappa shape index (κ2) is 7.13. The maximum Gasteiger partial charge on any atom is 0.405 e. The molecule has 0 aromatic heterocycles. The number of benzene rings is 1. The molecule has 0 bridgehead atoms. The van der Waals surface area contributed by atoms with Crippen LogP contribution in [0, 0.1) is 5.92 Å². The molecule has 23 heavy (non-hydrogen) atoms. The lowest BCUT2D eigenvalue weighted by molar-refractivity contribution is -0.139. The first-order valence-corrected chi connectivity index (χ1v) is 7.40. The van der Waals surface area contributed by atoms with Crippen molar-refractivity contribution in [2.45, 2.75) is 32.4 Å². The predicted octanol–water partition coefficient (Wildman–Crippen LogP) is 1.23. The molecule has 7 heteroatoms. The van der Waals surface area contributed by atoms with Crippen LogP contribution in [0.1, 0.15) is 19.4 Å². The number of carboxylic acid groups (broad SMARTS) is 1. The minimum Gasteiger partial charge on any atom is -0.465 e. The third-order valence-electron chi connectivity index (χ3n) is 3.76. The largest absolute Gasteiger partial charge is 0.465 e. The van der Waals surface area contributed by atoms with Gasteiger partial charge >= 0.3 is 12.1 Å². The van der Waals surface area contributed by atoms with Crippen LogP contribution in [0.25, 0.3) is 0 Å². The number of cyclic esters (lactones) is 1. The van der Waals surface area contributed by atoms with Crippen molar-refractivity contribution < 1.29 is 24.2 Å². The molecule has 2 rings (SSSR count). The number of ether oxygens (including phenoxy) is 1. The van der Waals surface area contributed by atoms with Gasteiger partial charge in [-0.1, -0.05) is 44.2 Å². The van der Waals surface area contributed by atoms with Gasteiger partial charge in [0.15, 0.2) is 6.73 Å². The molecule has 2 N–H and O–H groups in total. The van der Waals surface area contributed by atoms with Gasteiger partial charge in [0.25, 0.3) is 0 Å². The van der Waals surface area contributed by atoms with Crippen LogP contribution in [0.2, 0.25) is 0 Å². The standard InChI is InChI=1S/C16H20N2O5/c1-10(2)13(17-16(21)22)14(19)18-9-23-15(20)12(18)8-11-6-4-3-5-7-11/h3-7,10,12-13,17H,8-9H2,1-2H3,(H,21,22). The quantitative estimate of drug-likeness (QED) is 0.796. The first-order chi connectivity index (χ1) is 10.9. The Balaban J connectivity index is 2.17. The van der Waals surface area contributed by atoms with Gasteiger partial charge < -0.3 is 15.2 Å². The molecule has 124 valence electrons. The van der Waals surface area contributed by atoms with E-state index in [4.69, 9.17) is 9.84 Å². The number of hydrogen-bond acceptors (Lipinski definition) is 4. The highest BCUT2D eigenvalue weighted by atomic mass is 16.6. The third kappa shape index (κ3) is 4.00. The number of amides is 2. The van der Waals surface area contributed by atoms with Crippen molar-refractivity contribution in [3.05, 3.63) is 35.9 Å². The SMILES string of the molecule is CC(C)C(NC(=O)O)C(=O)N1COC(=O)C1Cc1ccccc1. The number of carbonyl (C=O) groups excluding carboxylic acids is 2. The summed E-state index contributed by atoms with van der Waals surface area (Å²) in [7, 11) is 0. The summed E-state index contributed by atoms with van der Waals surface area (Å²) < 4.78 is 5.00. The lowest BCUT2D eigenvalue weighted by Crippen LogP contribution is -2.53. The summed E-state index contributed by atoms with van der Waals surface area (Å²) in [5.41, 5.74) is 0.904. The highest BCUT2D eigenvalue weighted by Gasteiger charge is 2.41. The first-order valence-electron chi connectivity index (χ1n) is 7.40. The second-order valence-electron chi connectivity index (χ2n) is 5.78. The third-order valence-corrected chi connectivity index (χ3v) is 3.76. The van der Waals surface area contributed by atoms with Crippen molar-refractivity contribution in [2.75, 3.05) is 6.73 Å². The molecular formula is C16H20N2O5. The van der Waals surface area contributed by atoms with E-state index >= 15 is 0 Å². The topological polar surface area (TPSA) is 95.9 Å². The predicted molar refractivity (Wildman–Crippen MR) is 81.5 cm³/mol. The number of nitrogens with zero attached hydrogens (tertiary/aromatic N) is 1. The first kappa shape index (κ1) is 16.8. The van der Waals surface area contributed by atoms with Crippen LogP contribution in [0.5, 0.6) is 0 Å². The number of hydrogen-bond donors (Lipinski definition) is 2. The molecule has 2 unspecified atom stereocenters. The van der Waals surface area contributed by atoms with E-state index < -0.39 is 30.1 Å². The van der Waals surface area contributed by atoms with E-state index in [0.717, 1.165) is 5.56 Å². The zero-order valence-corrected chi connectivity index (χ0v) is 13.1. The van der Waals surface area contributed by atoms with Crippen LogP contribution in [-0.4, -0.2) is 46.8 Å². The summed E-state index contributed by atoms with van der Waals surface area (Å²) in [4.78, 5) is 36.8. The Labute approximate surface area is 134 Å². The summed E-state index contributed by atoms with van der Waals surface area (Å²) in [6, 6.07) is 7.65. The molecule has 1 fully saturated rings. The Morgan fingerprint density at radius 3 is 2.57 bits per heavy atom. The molecule has 2 amide bonds. The fraction of sp³-hybridized carbons (Fsp3) is 0.438. The van der Waals surface area contributed by atoms with Crippen LogP contribution >= 0.6 is 0 Å². The Kier molecular flexibility index (Phi) is 5.20. The van der Waals surface area contributed by atoms with Crippen molar-refractivity contribution in [1.29, 1.82) is 0 Å². The number of carbonyl (C=O) groups is 3. The molecule has 0 aliphatic carbocycles. The van der Waals surface area contributed by atoms with E-state index in [2.05, 4.69) is 5.32 Å². The van der Waals surface area contributed by atoms with Gasteiger partial charge in [-0.05, 0) is 11.5 Å². The number of rotatable bonds is 5. The van der Waals surface area contributed by atoms with Crippen LogP contribution in [0.3, 0.4) is 0 Å². The molecule has 1 aromatic rings. The molecule has 0 radical (unpaired) electrons. The summed E-state index contributed by atoms with van der Waals surface area (Å²) in [6.45, 7) is 3.33. The zero-order valence-electron chi connectivity index (χ0n) is 13.1.